The normalized spacial score (nSPS) is 11.6. The Bertz CT molecular complexity index is 737. The van der Waals surface area contributed by atoms with Crippen LogP contribution in [0.5, 0.6) is 0 Å². The first-order valence-corrected chi connectivity index (χ1v) is 11.7. The highest BCUT2D eigenvalue weighted by molar-refractivity contribution is 7.86. The second-order valence-electron chi connectivity index (χ2n) is 7.05. The summed E-state index contributed by atoms with van der Waals surface area (Å²) in [6.07, 6.45) is 7.80. The number of hydrogen-bond acceptors (Lipinski definition) is 3. The van der Waals surface area contributed by atoms with E-state index in [-0.39, 0.29) is 12.4 Å². The third-order valence-corrected chi connectivity index (χ3v) is 5.98. The van der Waals surface area contributed by atoms with Gasteiger partial charge in [0.1, 0.15) is 0 Å². The fourth-order valence-corrected chi connectivity index (χ4v) is 4.06. The number of rotatable bonds is 13. The summed E-state index contributed by atoms with van der Waals surface area (Å²) < 4.78 is 29.1. The quantitative estimate of drug-likeness (QED) is 0.344. The van der Waals surface area contributed by atoms with Gasteiger partial charge in [0.15, 0.2) is 0 Å². The zero-order valence-electron chi connectivity index (χ0n) is 16.4. The average Bonchev–Trinajstić information content (AvgIpc) is 2.67. The van der Waals surface area contributed by atoms with Gasteiger partial charge in [-0.05, 0) is 55.2 Å². The lowest BCUT2D eigenvalue weighted by atomic mass is 10.0. The molecule has 3 nitrogen and oxygen atoms in total. The summed E-state index contributed by atoms with van der Waals surface area (Å²) in [4.78, 5) is 0. The first-order chi connectivity index (χ1) is 13.1. The molecule has 0 heterocycles. The van der Waals surface area contributed by atoms with Crippen LogP contribution in [0.4, 0.5) is 0 Å². The first kappa shape index (κ1) is 21.6. The smallest absolute Gasteiger partial charge is 0.267 e. The van der Waals surface area contributed by atoms with E-state index in [2.05, 4.69) is 31.2 Å². The monoisotopic (exact) mass is 388 g/mol. The van der Waals surface area contributed by atoms with Crippen molar-refractivity contribution in [2.75, 3.05) is 12.4 Å². The standard InChI is InChI=1S/C23H32O3S/c1-2-3-5-10-22-15-17-23(18-16-22)13-8-19-26-27(24,25)20-9-14-21-11-6-4-7-12-21/h4,6-7,11-12,15-18H,2-3,5,8-10,13-14,19-20H2,1H3. The maximum Gasteiger partial charge on any atom is 0.267 e. The van der Waals surface area contributed by atoms with Crippen LogP contribution in [0.25, 0.3) is 0 Å². The van der Waals surface area contributed by atoms with Crippen molar-refractivity contribution in [1.82, 2.24) is 0 Å². The number of unbranched alkanes of at least 4 members (excludes halogenated alkanes) is 2. The lowest BCUT2D eigenvalue weighted by Crippen LogP contribution is -2.12. The Morgan fingerprint density at radius 3 is 1.89 bits per heavy atom. The molecule has 0 unspecified atom stereocenters. The third kappa shape index (κ3) is 9.21. The summed E-state index contributed by atoms with van der Waals surface area (Å²) in [5, 5.41) is 0. The SMILES string of the molecule is CCCCCc1ccc(CCCOS(=O)(=O)CCCc2ccccc2)cc1. The Kier molecular flexibility index (Phi) is 9.57. The highest BCUT2D eigenvalue weighted by Gasteiger charge is 2.10. The zero-order valence-corrected chi connectivity index (χ0v) is 17.2. The lowest BCUT2D eigenvalue weighted by Gasteiger charge is -2.07. The van der Waals surface area contributed by atoms with E-state index in [1.54, 1.807) is 0 Å². The Morgan fingerprint density at radius 1 is 0.704 bits per heavy atom. The van der Waals surface area contributed by atoms with Gasteiger partial charge in [-0.1, -0.05) is 74.4 Å². The molecule has 0 aliphatic rings. The van der Waals surface area contributed by atoms with Crippen molar-refractivity contribution >= 4 is 10.1 Å². The number of aryl methyl sites for hydroxylation is 3. The van der Waals surface area contributed by atoms with Crippen LogP contribution in [0.2, 0.25) is 0 Å². The average molecular weight is 389 g/mol. The fraction of sp³-hybridized carbons (Fsp3) is 0.478. The van der Waals surface area contributed by atoms with Crippen molar-refractivity contribution in [2.24, 2.45) is 0 Å². The second-order valence-corrected chi connectivity index (χ2v) is 8.81. The molecule has 0 saturated carbocycles. The van der Waals surface area contributed by atoms with Crippen LogP contribution in [-0.4, -0.2) is 20.8 Å². The van der Waals surface area contributed by atoms with Crippen LogP contribution in [-0.2, 0) is 33.6 Å². The van der Waals surface area contributed by atoms with Crippen LogP contribution in [0.1, 0.15) is 55.7 Å². The molecule has 0 saturated heterocycles. The van der Waals surface area contributed by atoms with E-state index < -0.39 is 10.1 Å². The van der Waals surface area contributed by atoms with Gasteiger partial charge in [0.2, 0.25) is 0 Å². The highest BCUT2D eigenvalue weighted by atomic mass is 32.2. The van der Waals surface area contributed by atoms with Crippen LogP contribution in [0.3, 0.4) is 0 Å². The molecule has 0 aliphatic carbocycles. The predicted molar refractivity (Wildman–Crippen MR) is 112 cm³/mol. The van der Waals surface area contributed by atoms with Crippen LogP contribution in [0, 0.1) is 0 Å². The molecule has 0 fully saturated rings. The molecule has 27 heavy (non-hydrogen) atoms. The van der Waals surface area contributed by atoms with E-state index in [0.29, 0.717) is 12.8 Å². The maximum atomic E-state index is 12.0. The molecule has 2 rings (SSSR count). The molecular weight excluding hydrogens is 356 g/mol. The molecule has 2 aromatic rings. The summed E-state index contributed by atoms with van der Waals surface area (Å²) >= 11 is 0. The van der Waals surface area contributed by atoms with Crippen molar-refractivity contribution in [3.05, 3.63) is 71.3 Å². The minimum absolute atomic E-state index is 0.0777. The minimum atomic E-state index is -3.43. The summed E-state index contributed by atoms with van der Waals surface area (Å²) in [5.41, 5.74) is 3.77. The van der Waals surface area contributed by atoms with Crippen molar-refractivity contribution in [1.29, 1.82) is 0 Å². The van der Waals surface area contributed by atoms with Gasteiger partial charge in [-0.25, -0.2) is 0 Å². The predicted octanol–water partition coefficient (Wildman–Crippen LogP) is 5.33. The van der Waals surface area contributed by atoms with Crippen molar-refractivity contribution in [3.8, 4) is 0 Å². The van der Waals surface area contributed by atoms with Crippen molar-refractivity contribution in [3.63, 3.8) is 0 Å². The molecule has 0 spiro atoms. The third-order valence-electron chi connectivity index (χ3n) is 4.67. The van der Waals surface area contributed by atoms with Gasteiger partial charge in [-0.2, -0.15) is 8.42 Å². The van der Waals surface area contributed by atoms with Crippen molar-refractivity contribution in [2.45, 2.75) is 58.3 Å². The Labute approximate surface area is 164 Å². The fourth-order valence-electron chi connectivity index (χ4n) is 3.07. The van der Waals surface area contributed by atoms with Crippen LogP contribution >= 0.6 is 0 Å². The second kappa shape index (κ2) is 11.9. The van der Waals surface area contributed by atoms with E-state index in [9.17, 15) is 8.42 Å². The number of benzene rings is 2. The van der Waals surface area contributed by atoms with Crippen LogP contribution < -0.4 is 0 Å². The van der Waals surface area contributed by atoms with Gasteiger partial charge >= 0.3 is 0 Å². The van der Waals surface area contributed by atoms with E-state index in [0.717, 1.165) is 24.8 Å². The molecule has 2 aromatic carbocycles. The Morgan fingerprint density at radius 2 is 1.26 bits per heavy atom. The highest BCUT2D eigenvalue weighted by Crippen LogP contribution is 2.11. The number of hydrogen-bond donors (Lipinski definition) is 0. The van der Waals surface area contributed by atoms with Gasteiger partial charge in [0, 0.05) is 0 Å². The topological polar surface area (TPSA) is 43.4 Å². The largest absolute Gasteiger partial charge is 0.270 e. The molecule has 148 valence electrons. The molecule has 0 radical (unpaired) electrons. The van der Waals surface area contributed by atoms with Gasteiger partial charge < -0.3 is 0 Å². The zero-order chi connectivity index (χ0) is 19.4. The molecule has 0 amide bonds. The minimum Gasteiger partial charge on any atom is -0.270 e. The van der Waals surface area contributed by atoms with Gasteiger partial charge in [-0.3, -0.25) is 4.18 Å². The molecule has 0 N–H and O–H groups in total. The molecule has 0 atom stereocenters. The Hall–Kier alpha value is -1.65. The van der Waals surface area contributed by atoms with Gasteiger partial charge in [-0.15, -0.1) is 0 Å². The molecular formula is C23H32O3S. The first-order valence-electron chi connectivity index (χ1n) is 10.1. The van der Waals surface area contributed by atoms with E-state index in [4.69, 9.17) is 4.18 Å². The van der Waals surface area contributed by atoms with Crippen LogP contribution in [0.15, 0.2) is 54.6 Å². The molecule has 0 bridgehead atoms. The van der Waals surface area contributed by atoms with E-state index in [1.165, 1.54) is 30.4 Å². The molecule has 0 aliphatic heterocycles. The van der Waals surface area contributed by atoms with Gasteiger partial charge in [0.05, 0.1) is 12.4 Å². The lowest BCUT2D eigenvalue weighted by molar-refractivity contribution is 0.312. The summed E-state index contributed by atoms with van der Waals surface area (Å²) in [6, 6.07) is 18.6. The van der Waals surface area contributed by atoms with E-state index >= 15 is 0 Å². The molecule has 0 aromatic heterocycles. The maximum absolute atomic E-state index is 12.0. The Balaban J connectivity index is 1.62. The summed E-state index contributed by atoms with van der Waals surface area (Å²) in [5.74, 6) is 0.0777. The summed E-state index contributed by atoms with van der Waals surface area (Å²) in [7, 11) is -3.43. The summed E-state index contributed by atoms with van der Waals surface area (Å²) in [6.45, 7) is 2.47. The molecule has 4 heteroatoms. The van der Waals surface area contributed by atoms with E-state index in [1.807, 2.05) is 30.3 Å². The van der Waals surface area contributed by atoms with Crippen molar-refractivity contribution < 1.29 is 12.6 Å². The van der Waals surface area contributed by atoms with Gasteiger partial charge in [0.25, 0.3) is 10.1 Å².